The van der Waals surface area contributed by atoms with Crippen molar-refractivity contribution in [3.05, 3.63) is 89.2 Å². The van der Waals surface area contributed by atoms with Crippen LogP contribution >= 0.6 is 0 Å². The molecule has 0 bridgehead atoms. The van der Waals surface area contributed by atoms with Gasteiger partial charge < -0.3 is 15.0 Å². The average molecular weight is 495 g/mol. The topological polar surface area (TPSA) is 44.6 Å². The van der Waals surface area contributed by atoms with Gasteiger partial charge in [-0.3, -0.25) is 0 Å². The van der Waals surface area contributed by atoms with Gasteiger partial charge in [-0.2, -0.15) is 4.58 Å². The predicted octanol–water partition coefficient (Wildman–Crippen LogP) is 5.68. The van der Waals surface area contributed by atoms with Crippen LogP contribution in [0.5, 0.6) is 0 Å². The minimum absolute atomic E-state index is 0.0387. The second-order valence-electron chi connectivity index (χ2n) is 10.5. The number of hydrogen-bond acceptors (Lipinski definition) is 4. The number of anilines is 2. The molecule has 190 valence electrons. The number of carbonyl (C=O) groups is 1. The number of benzene rings is 2. The highest BCUT2D eigenvalue weighted by Crippen LogP contribution is 2.48. The highest BCUT2D eigenvalue weighted by Gasteiger charge is 2.42. The Morgan fingerprint density at radius 2 is 1.78 bits per heavy atom. The van der Waals surface area contributed by atoms with Gasteiger partial charge in [0.05, 0.1) is 23.8 Å². The van der Waals surface area contributed by atoms with Gasteiger partial charge in [0.25, 0.3) is 0 Å². The Morgan fingerprint density at radius 3 is 2.46 bits per heavy atom. The molecule has 4 rings (SSSR count). The zero-order valence-electron chi connectivity index (χ0n) is 23.1. The number of ether oxygens (including phenoxy) is 1. The summed E-state index contributed by atoms with van der Waals surface area (Å²) in [6.45, 7) is 9.01. The summed E-state index contributed by atoms with van der Waals surface area (Å²) >= 11 is 0. The monoisotopic (exact) mass is 494 g/mol. The predicted molar refractivity (Wildman–Crippen MR) is 153 cm³/mol. The number of fused-ring (bicyclic) bond motifs is 2. The number of carbonyl (C=O) groups excluding carboxylic acids is 1. The Kier molecular flexibility index (Phi) is 6.88. The van der Waals surface area contributed by atoms with E-state index >= 15 is 0 Å². The van der Waals surface area contributed by atoms with Gasteiger partial charge in [-0.25, -0.2) is 4.79 Å². The molecule has 37 heavy (non-hydrogen) atoms. The quantitative estimate of drug-likeness (QED) is 0.257. The molecule has 5 heteroatoms. The molecule has 1 N–H and O–H groups in total. The Balaban J connectivity index is 1.60. The Bertz CT molecular complexity index is 1440. The van der Waals surface area contributed by atoms with Crippen LogP contribution in [-0.2, 0) is 20.4 Å². The maximum Gasteiger partial charge on any atom is 0.384 e. The Labute approximate surface area is 220 Å². The number of likely N-dealkylation sites (N-methyl/N-ethyl adjacent to an activating group) is 1. The summed E-state index contributed by atoms with van der Waals surface area (Å²) in [4.78, 5) is 13.8. The van der Waals surface area contributed by atoms with Gasteiger partial charge in [0.1, 0.15) is 7.05 Å². The van der Waals surface area contributed by atoms with Crippen molar-refractivity contribution in [1.29, 1.82) is 0 Å². The van der Waals surface area contributed by atoms with Gasteiger partial charge in [-0.15, -0.1) is 0 Å². The van der Waals surface area contributed by atoms with E-state index in [0.717, 1.165) is 16.9 Å². The number of para-hydroxylation sites is 1. The van der Waals surface area contributed by atoms with E-state index in [1.807, 2.05) is 13.1 Å². The van der Waals surface area contributed by atoms with Gasteiger partial charge in [0, 0.05) is 54.5 Å². The molecule has 2 aliphatic heterocycles. The van der Waals surface area contributed by atoms with E-state index in [2.05, 4.69) is 134 Å². The van der Waals surface area contributed by atoms with E-state index in [9.17, 15) is 4.79 Å². The zero-order chi connectivity index (χ0) is 27.0. The van der Waals surface area contributed by atoms with E-state index in [-0.39, 0.29) is 10.8 Å². The summed E-state index contributed by atoms with van der Waals surface area (Å²) in [7, 11) is 7.40. The standard InChI is InChI=1S/C32H35N3O2/c1-31(2)23-14-12-13-15-26(23)34(6)28(31)16-10-9-11-17-29-32(3,4)24-21-25(33-5)22(18-19-30(36)37-8)20-27(24)35(29)7/h9-17,20-21H,1-8H3/p+1. The average Bonchev–Trinajstić information content (AvgIpc) is 3.19. The number of rotatable bonds is 4. The molecule has 0 saturated heterocycles. The summed E-state index contributed by atoms with van der Waals surface area (Å²) in [5.41, 5.74) is 8.78. The molecule has 2 heterocycles. The van der Waals surface area contributed by atoms with Crippen molar-refractivity contribution in [2.75, 3.05) is 38.5 Å². The first-order valence-electron chi connectivity index (χ1n) is 12.5. The second-order valence-corrected chi connectivity index (χ2v) is 10.5. The molecule has 0 aromatic heterocycles. The van der Waals surface area contributed by atoms with Gasteiger partial charge >= 0.3 is 5.97 Å². The van der Waals surface area contributed by atoms with E-state index in [1.165, 1.54) is 35.3 Å². The number of allylic oxidation sites excluding steroid dienone is 6. The number of methoxy groups -OCH3 is 1. The van der Waals surface area contributed by atoms with Crippen molar-refractivity contribution in [1.82, 2.24) is 0 Å². The summed E-state index contributed by atoms with van der Waals surface area (Å²) < 4.78 is 6.95. The third kappa shape index (κ3) is 4.49. The first-order chi connectivity index (χ1) is 17.5. The van der Waals surface area contributed by atoms with Crippen molar-refractivity contribution < 1.29 is 14.1 Å². The van der Waals surface area contributed by atoms with Crippen molar-refractivity contribution in [2.45, 2.75) is 38.5 Å². The highest BCUT2D eigenvalue weighted by atomic mass is 16.5. The summed E-state index contributed by atoms with van der Waals surface area (Å²) in [6.07, 6.45) is 10.7. The van der Waals surface area contributed by atoms with Crippen LogP contribution in [0.4, 0.5) is 17.1 Å². The second kappa shape index (κ2) is 9.78. The van der Waals surface area contributed by atoms with Crippen molar-refractivity contribution in [3.8, 4) is 11.8 Å². The van der Waals surface area contributed by atoms with Crippen molar-refractivity contribution in [3.63, 3.8) is 0 Å². The van der Waals surface area contributed by atoms with E-state index in [0.29, 0.717) is 0 Å². The van der Waals surface area contributed by atoms with Crippen LogP contribution in [0.25, 0.3) is 0 Å². The smallest absolute Gasteiger partial charge is 0.384 e. The van der Waals surface area contributed by atoms with Crippen molar-refractivity contribution in [2.24, 2.45) is 0 Å². The third-order valence-corrected chi connectivity index (χ3v) is 7.60. The van der Waals surface area contributed by atoms with Gasteiger partial charge in [-0.05, 0) is 37.6 Å². The normalized spacial score (nSPS) is 18.3. The lowest BCUT2D eigenvalue weighted by molar-refractivity contribution is -0.401. The molecule has 0 aliphatic carbocycles. The Morgan fingerprint density at radius 1 is 1.05 bits per heavy atom. The zero-order valence-corrected chi connectivity index (χ0v) is 23.1. The number of hydrogen-bond donors (Lipinski definition) is 1. The Hall–Kier alpha value is -4.04. The first-order valence-corrected chi connectivity index (χ1v) is 12.5. The number of esters is 1. The fourth-order valence-corrected chi connectivity index (χ4v) is 5.51. The molecule has 0 spiro atoms. The molecule has 0 atom stereocenters. The van der Waals surface area contributed by atoms with Crippen LogP contribution in [-0.4, -0.2) is 44.5 Å². The van der Waals surface area contributed by atoms with Crippen LogP contribution in [0.3, 0.4) is 0 Å². The largest absolute Gasteiger partial charge is 0.459 e. The molecule has 0 radical (unpaired) electrons. The lowest BCUT2D eigenvalue weighted by Gasteiger charge is -2.23. The van der Waals surface area contributed by atoms with Gasteiger partial charge in [0.15, 0.2) is 5.71 Å². The van der Waals surface area contributed by atoms with Gasteiger partial charge in [0.2, 0.25) is 5.69 Å². The molecular formula is C32H36N3O2+. The van der Waals surface area contributed by atoms with Crippen LogP contribution in [0, 0.1) is 11.8 Å². The van der Waals surface area contributed by atoms with Crippen LogP contribution in [0.1, 0.15) is 44.4 Å². The SMILES string of the molecule is CNc1cc2c(cc1C#CC(=O)OC)N(C)C(=CC=CC=CC1=[N+](C)c3ccccc3C1(C)C)C2(C)C. The van der Waals surface area contributed by atoms with Crippen LogP contribution in [0.15, 0.2) is 72.5 Å². The third-order valence-electron chi connectivity index (χ3n) is 7.60. The van der Waals surface area contributed by atoms with E-state index in [4.69, 9.17) is 0 Å². The molecule has 5 nitrogen and oxygen atoms in total. The summed E-state index contributed by atoms with van der Waals surface area (Å²) in [5, 5.41) is 3.22. The molecule has 0 amide bonds. The maximum atomic E-state index is 11.6. The fraction of sp³-hybridized carbons (Fsp3) is 0.312. The molecule has 2 aromatic rings. The molecule has 0 unspecified atom stereocenters. The summed E-state index contributed by atoms with van der Waals surface area (Å²) in [6, 6.07) is 12.8. The van der Waals surface area contributed by atoms with Gasteiger partial charge in [-0.1, -0.05) is 56.2 Å². The van der Waals surface area contributed by atoms with E-state index in [1.54, 1.807) is 0 Å². The molecule has 2 aliphatic rings. The lowest BCUT2D eigenvalue weighted by atomic mass is 9.81. The van der Waals surface area contributed by atoms with Crippen molar-refractivity contribution >= 4 is 28.7 Å². The summed E-state index contributed by atoms with van der Waals surface area (Å²) in [5.74, 6) is 4.94. The molecule has 0 saturated carbocycles. The lowest BCUT2D eigenvalue weighted by Crippen LogP contribution is -2.26. The number of nitrogens with one attached hydrogen (secondary N) is 1. The van der Waals surface area contributed by atoms with E-state index < -0.39 is 5.97 Å². The minimum Gasteiger partial charge on any atom is -0.459 e. The molecule has 2 aromatic carbocycles. The van der Waals surface area contributed by atoms with Crippen LogP contribution in [0.2, 0.25) is 0 Å². The number of nitrogens with zero attached hydrogens (tertiary/aromatic N) is 2. The highest BCUT2D eigenvalue weighted by molar-refractivity contribution is 6.03. The fourth-order valence-electron chi connectivity index (χ4n) is 5.51. The molecule has 0 fully saturated rings. The minimum atomic E-state index is -0.552. The van der Waals surface area contributed by atoms with Crippen LogP contribution < -0.4 is 10.2 Å². The molecular weight excluding hydrogens is 458 g/mol. The maximum absolute atomic E-state index is 11.6. The first kappa shape index (κ1) is 26.0.